The Morgan fingerprint density at radius 2 is 2.07 bits per heavy atom. The number of hydrogen-bond donors (Lipinski definition) is 1. The number of hydrazine groups is 1. The van der Waals surface area contributed by atoms with E-state index in [9.17, 15) is 0 Å². The van der Waals surface area contributed by atoms with Crippen LogP contribution in [0.2, 0.25) is 0 Å². The maximum atomic E-state index is 5.67. The molecule has 3 nitrogen and oxygen atoms in total. The topological polar surface area (TPSA) is 41.6 Å². The Morgan fingerprint density at radius 1 is 1.40 bits per heavy atom. The first kappa shape index (κ1) is 11.7. The van der Waals surface area contributed by atoms with Gasteiger partial charge in [-0.25, -0.2) is 5.84 Å². The van der Waals surface area contributed by atoms with Gasteiger partial charge in [-0.15, -0.1) is 0 Å². The molecule has 1 aromatic carbocycles. The highest BCUT2D eigenvalue weighted by Gasteiger charge is 2.03. The van der Waals surface area contributed by atoms with Crippen LogP contribution in [0.15, 0.2) is 29.3 Å². The van der Waals surface area contributed by atoms with Gasteiger partial charge < -0.3 is 5.01 Å². The number of nitrogens with two attached hydrogens (primary N) is 1. The molecule has 0 aromatic heterocycles. The van der Waals surface area contributed by atoms with E-state index in [2.05, 4.69) is 36.2 Å². The van der Waals surface area contributed by atoms with Gasteiger partial charge in [0.15, 0.2) is 0 Å². The van der Waals surface area contributed by atoms with Crippen LogP contribution >= 0.6 is 0 Å². The molecule has 0 saturated carbocycles. The smallest absolute Gasteiger partial charge is 0.117 e. The summed E-state index contributed by atoms with van der Waals surface area (Å²) in [6.45, 7) is 2.16. The second-order valence-corrected chi connectivity index (χ2v) is 3.60. The molecule has 0 atom stereocenters. The van der Waals surface area contributed by atoms with Gasteiger partial charge in [0, 0.05) is 20.5 Å². The van der Waals surface area contributed by atoms with Crippen LogP contribution in [0.4, 0.5) is 0 Å². The molecule has 0 heterocycles. The van der Waals surface area contributed by atoms with E-state index in [0.29, 0.717) is 0 Å². The fourth-order valence-corrected chi connectivity index (χ4v) is 1.50. The number of amidine groups is 1. The summed E-state index contributed by atoms with van der Waals surface area (Å²) in [5.74, 6) is 6.56. The van der Waals surface area contributed by atoms with E-state index >= 15 is 0 Å². The number of nitrogens with zero attached hydrogens (tertiary/aromatic N) is 2. The van der Waals surface area contributed by atoms with Crippen LogP contribution in [0.25, 0.3) is 0 Å². The highest BCUT2D eigenvalue weighted by atomic mass is 15.4. The predicted molar refractivity (Wildman–Crippen MR) is 64.8 cm³/mol. The van der Waals surface area contributed by atoms with Crippen molar-refractivity contribution in [1.29, 1.82) is 0 Å². The average molecular weight is 205 g/mol. The van der Waals surface area contributed by atoms with Crippen LogP contribution in [0.3, 0.4) is 0 Å². The minimum atomic E-state index is 0.789. The summed E-state index contributed by atoms with van der Waals surface area (Å²) < 4.78 is 0. The molecule has 82 valence electrons. The molecule has 0 aliphatic rings. The zero-order valence-electron chi connectivity index (χ0n) is 9.70. The highest BCUT2D eigenvalue weighted by Crippen LogP contribution is 2.07. The van der Waals surface area contributed by atoms with Gasteiger partial charge in [-0.05, 0) is 17.5 Å². The molecule has 1 aromatic rings. The third kappa shape index (κ3) is 3.36. The summed E-state index contributed by atoms with van der Waals surface area (Å²) in [5, 5.41) is 1.57. The van der Waals surface area contributed by atoms with Crippen molar-refractivity contribution in [3.63, 3.8) is 0 Å². The standard InChI is InChI=1S/C12H19N3/c1-4-10-6-5-7-11(8-10)9-12(14-2)15(3)13/h5-8H,4,9,13H2,1-3H3. The fraction of sp³-hybridized carbons (Fsp3) is 0.417. The van der Waals surface area contributed by atoms with Gasteiger partial charge in [0.05, 0.1) is 0 Å². The molecule has 3 heteroatoms. The van der Waals surface area contributed by atoms with Gasteiger partial charge >= 0.3 is 0 Å². The largest absolute Gasteiger partial charge is 0.302 e. The van der Waals surface area contributed by atoms with Crippen LogP contribution in [0, 0.1) is 0 Å². The van der Waals surface area contributed by atoms with Gasteiger partial charge in [-0.1, -0.05) is 31.2 Å². The molecule has 0 spiro atoms. The Balaban J connectivity index is 2.79. The van der Waals surface area contributed by atoms with Crippen LogP contribution in [-0.2, 0) is 12.8 Å². The predicted octanol–water partition coefficient (Wildman–Crippen LogP) is 1.63. The van der Waals surface area contributed by atoms with Gasteiger partial charge in [0.25, 0.3) is 0 Å². The lowest BCUT2D eigenvalue weighted by molar-refractivity contribution is 0.528. The monoisotopic (exact) mass is 205 g/mol. The lowest BCUT2D eigenvalue weighted by Gasteiger charge is -2.15. The molecular weight excluding hydrogens is 186 g/mol. The zero-order chi connectivity index (χ0) is 11.3. The minimum Gasteiger partial charge on any atom is -0.302 e. The maximum absolute atomic E-state index is 5.67. The van der Waals surface area contributed by atoms with Crippen molar-refractivity contribution in [2.24, 2.45) is 10.8 Å². The van der Waals surface area contributed by atoms with E-state index in [0.717, 1.165) is 18.7 Å². The number of hydrogen-bond acceptors (Lipinski definition) is 2. The molecule has 0 radical (unpaired) electrons. The van der Waals surface area contributed by atoms with Crippen molar-refractivity contribution < 1.29 is 0 Å². The number of benzene rings is 1. The summed E-state index contributed by atoms with van der Waals surface area (Å²) in [6.07, 6.45) is 1.85. The number of aliphatic imine (C=N–C) groups is 1. The average Bonchev–Trinajstić information content (AvgIpc) is 2.25. The van der Waals surface area contributed by atoms with Crippen molar-refractivity contribution in [3.05, 3.63) is 35.4 Å². The van der Waals surface area contributed by atoms with Gasteiger partial charge in [-0.2, -0.15) is 0 Å². The van der Waals surface area contributed by atoms with E-state index in [4.69, 9.17) is 5.84 Å². The maximum Gasteiger partial charge on any atom is 0.117 e. The van der Waals surface area contributed by atoms with Crippen LogP contribution in [-0.4, -0.2) is 24.9 Å². The molecule has 15 heavy (non-hydrogen) atoms. The van der Waals surface area contributed by atoms with Gasteiger partial charge in [0.2, 0.25) is 0 Å². The van der Waals surface area contributed by atoms with Gasteiger partial charge in [-0.3, -0.25) is 4.99 Å². The first-order valence-electron chi connectivity index (χ1n) is 5.19. The third-order valence-electron chi connectivity index (χ3n) is 2.43. The van der Waals surface area contributed by atoms with E-state index < -0.39 is 0 Å². The molecule has 0 aliphatic carbocycles. The molecule has 0 amide bonds. The molecule has 0 saturated heterocycles. The lowest BCUT2D eigenvalue weighted by Crippen LogP contribution is -2.34. The Labute approximate surface area is 91.6 Å². The van der Waals surface area contributed by atoms with E-state index in [1.165, 1.54) is 11.1 Å². The molecule has 2 N–H and O–H groups in total. The highest BCUT2D eigenvalue weighted by molar-refractivity contribution is 5.83. The van der Waals surface area contributed by atoms with E-state index in [-0.39, 0.29) is 0 Å². The minimum absolute atomic E-state index is 0.789. The Bertz CT molecular complexity index is 342. The van der Waals surface area contributed by atoms with Crippen molar-refractivity contribution in [2.75, 3.05) is 14.1 Å². The SMILES string of the molecule is CCc1cccc(CC(=NC)N(C)N)c1. The summed E-state index contributed by atoms with van der Waals surface area (Å²) in [6, 6.07) is 8.53. The number of rotatable bonds is 3. The lowest BCUT2D eigenvalue weighted by atomic mass is 10.1. The molecule has 0 bridgehead atoms. The summed E-state index contributed by atoms with van der Waals surface area (Å²) in [7, 11) is 3.58. The van der Waals surface area contributed by atoms with Crippen molar-refractivity contribution >= 4 is 5.84 Å². The first-order chi connectivity index (χ1) is 7.17. The summed E-state index contributed by atoms with van der Waals surface area (Å²) in [5.41, 5.74) is 2.61. The molecular formula is C12H19N3. The third-order valence-corrected chi connectivity index (χ3v) is 2.43. The zero-order valence-corrected chi connectivity index (χ0v) is 9.70. The van der Waals surface area contributed by atoms with E-state index in [1.54, 1.807) is 12.1 Å². The molecule has 0 unspecified atom stereocenters. The first-order valence-corrected chi connectivity index (χ1v) is 5.19. The Kier molecular flexibility index (Phi) is 4.31. The van der Waals surface area contributed by atoms with Gasteiger partial charge in [0.1, 0.15) is 5.84 Å². The van der Waals surface area contributed by atoms with Crippen molar-refractivity contribution in [3.8, 4) is 0 Å². The second-order valence-electron chi connectivity index (χ2n) is 3.60. The number of aryl methyl sites for hydroxylation is 1. The van der Waals surface area contributed by atoms with Crippen molar-refractivity contribution in [1.82, 2.24) is 5.01 Å². The van der Waals surface area contributed by atoms with Crippen molar-refractivity contribution in [2.45, 2.75) is 19.8 Å². The molecule has 0 fully saturated rings. The Hall–Kier alpha value is -1.35. The van der Waals surface area contributed by atoms with Crippen LogP contribution in [0.1, 0.15) is 18.1 Å². The summed E-state index contributed by atoms with van der Waals surface area (Å²) in [4.78, 5) is 4.16. The van der Waals surface area contributed by atoms with Crippen LogP contribution < -0.4 is 5.84 Å². The fourth-order valence-electron chi connectivity index (χ4n) is 1.50. The quantitative estimate of drug-likeness (QED) is 0.353. The van der Waals surface area contributed by atoms with E-state index in [1.807, 2.05) is 7.05 Å². The second kappa shape index (κ2) is 5.51. The van der Waals surface area contributed by atoms with Crippen LogP contribution in [0.5, 0.6) is 0 Å². The Morgan fingerprint density at radius 3 is 2.60 bits per heavy atom. The number of likely N-dealkylation sites (N-methyl/N-ethyl adjacent to an activating group) is 1. The normalized spacial score (nSPS) is 11.6. The molecule has 1 rings (SSSR count). The molecule has 0 aliphatic heterocycles. The summed E-state index contributed by atoms with van der Waals surface area (Å²) >= 11 is 0.